The maximum absolute atomic E-state index is 12.8. The number of unbranched alkanes of at least 4 members (excludes halogenated alkanes) is 18. The first-order valence-electron chi connectivity index (χ1n) is 17.3. The van der Waals surface area contributed by atoms with E-state index in [1.54, 1.807) is 13.8 Å². The van der Waals surface area contributed by atoms with E-state index in [9.17, 15) is 19.2 Å². The molecule has 0 atom stereocenters. The van der Waals surface area contributed by atoms with E-state index in [2.05, 4.69) is 13.8 Å². The van der Waals surface area contributed by atoms with Crippen molar-refractivity contribution >= 4 is 42.7 Å². The molecule has 0 unspecified atom stereocenters. The number of ketones is 2. The summed E-state index contributed by atoms with van der Waals surface area (Å²) in [4.78, 5) is 49.6. The van der Waals surface area contributed by atoms with Crippen LogP contribution in [0.5, 0.6) is 0 Å². The van der Waals surface area contributed by atoms with E-state index in [4.69, 9.17) is 6.15 Å². The molecule has 0 aliphatic carbocycles. The van der Waals surface area contributed by atoms with Crippen LogP contribution in [0.3, 0.4) is 0 Å². The Bertz CT molecular complexity index is 635. The Balaban J connectivity index is 5.10. The molecule has 7 heteroatoms. The third kappa shape index (κ3) is 24.2. The van der Waals surface area contributed by atoms with Crippen molar-refractivity contribution < 1.29 is 25.3 Å². The van der Waals surface area contributed by atoms with Crippen molar-refractivity contribution in [1.82, 2.24) is 0 Å². The molecule has 0 aromatic heterocycles. The zero-order valence-corrected chi connectivity index (χ0v) is 30.2. The molecule has 0 rings (SSSR count). The number of carbonyl (C=O) groups is 4. The molecule has 0 heterocycles. The molecule has 0 radical (unpaired) electrons. The number of rotatable bonds is 30. The van der Waals surface area contributed by atoms with Gasteiger partial charge in [-0.3, -0.25) is 0 Å². The number of hydrogen-bond acceptors (Lipinski definition) is 6. The molecule has 240 valence electrons. The number of Topliss-reactive ketones (excluding diaryl/α,β-unsaturated/α-hetero) is 2. The predicted octanol–water partition coefficient (Wildman–Crippen LogP) is 10.1. The first-order valence-corrected chi connectivity index (χ1v) is 23.7. The van der Waals surface area contributed by atoms with Crippen LogP contribution in [0, 0.1) is 0 Å². The Kier molecular flexibility index (Phi) is 27.3. The molecule has 0 bridgehead atoms. The molecule has 0 aromatic rings. The Morgan fingerprint density at radius 1 is 0.415 bits per heavy atom. The van der Waals surface area contributed by atoms with Crippen molar-refractivity contribution in [2.75, 3.05) is 0 Å². The minimum absolute atomic E-state index is 0.166. The SMILES string of the molecule is CCCCCCCCCCC[CH2][Sn]([CH2]CCCCCCCCCCC)([O]C(=O)CC(=O)CC)[O]C(=O)CC(=O)CC. The van der Waals surface area contributed by atoms with E-state index in [0.717, 1.165) is 38.5 Å². The molecule has 0 N–H and O–H groups in total. The van der Waals surface area contributed by atoms with Crippen molar-refractivity contribution in [3.05, 3.63) is 0 Å². The van der Waals surface area contributed by atoms with E-state index in [-0.39, 0.29) is 37.2 Å². The third-order valence-corrected chi connectivity index (χ3v) is 17.7. The van der Waals surface area contributed by atoms with Crippen LogP contribution in [0.2, 0.25) is 8.87 Å². The van der Waals surface area contributed by atoms with E-state index < -0.39 is 31.1 Å². The Hall–Kier alpha value is -0.921. The summed E-state index contributed by atoms with van der Waals surface area (Å²) in [5.41, 5.74) is 0. The standard InChI is InChI=1S/2C12H25.2C5H8O3.Sn/c2*1-3-5-7-9-11-12-10-8-6-4-2;2*1-2-4(6)3-5(7)8;/h2*1,3-12H2,2H3;2*2-3H2,1H3,(H,7,8);/q;;;;+2/p-2. The Labute approximate surface area is 257 Å². The molecule has 0 saturated carbocycles. The second-order valence-electron chi connectivity index (χ2n) is 11.9. The third-order valence-electron chi connectivity index (χ3n) is 7.89. The van der Waals surface area contributed by atoms with Gasteiger partial charge in [-0.05, 0) is 0 Å². The van der Waals surface area contributed by atoms with Gasteiger partial charge in [-0.2, -0.15) is 0 Å². The summed E-state index contributed by atoms with van der Waals surface area (Å²) in [7, 11) is 0. The second kappa shape index (κ2) is 27.9. The van der Waals surface area contributed by atoms with Gasteiger partial charge >= 0.3 is 259 Å². The fraction of sp³-hybridized carbons (Fsp3) is 0.882. The fourth-order valence-electron chi connectivity index (χ4n) is 5.17. The van der Waals surface area contributed by atoms with Crippen LogP contribution in [0.25, 0.3) is 0 Å². The van der Waals surface area contributed by atoms with Gasteiger partial charge < -0.3 is 0 Å². The predicted molar refractivity (Wildman–Crippen MR) is 171 cm³/mol. The average Bonchev–Trinajstić information content (AvgIpc) is 2.94. The van der Waals surface area contributed by atoms with Crippen LogP contribution in [0.15, 0.2) is 0 Å². The zero-order chi connectivity index (χ0) is 30.6. The van der Waals surface area contributed by atoms with Crippen molar-refractivity contribution in [2.24, 2.45) is 0 Å². The number of hydrogen-bond donors (Lipinski definition) is 0. The van der Waals surface area contributed by atoms with Crippen LogP contribution in [0.1, 0.15) is 182 Å². The summed E-state index contributed by atoms with van der Waals surface area (Å²) in [6, 6.07) is 0. The zero-order valence-electron chi connectivity index (χ0n) is 27.3. The summed E-state index contributed by atoms with van der Waals surface area (Å²) in [6.07, 6.45) is 23.9. The molecule has 0 aliphatic heterocycles. The molecule has 0 aromatic carbocycles. The van der Waals surface area contributed by atoms with Crippen LogP contribution < -0.4 is 0 Å². The Morgan fingerprint density at radius 3 is 0.951 bits per heavy atom. The molecule has 0 aliphatic rings. The van der Waals surface area contributed by atoms with Crippen molar-refractivity contribution in [2.45, 2.75) is 191 Å². The van der Waals surface area contributed by atoms with Gasteiger partial charge in [0.1, 0.15) is 0 Å². The van der Waals surface area contributed by atoms with E-state index in [0.29, 0.717) is 8.87 Å². The monoisotopic (exact) mass is 688 g/mol. The van der Waals surface area contributed by atoms with Gasteiger partial charge in [0.05, 0.1) is 0 Å². The van der Waals surface area contributed by atoms with Crippen LogP contribution in [0.4, 0.5) is 0 Å². The average molecular weight is 688 g/mol. The molecule has 41 heavy (non-hydrogen) atoms. The van der Waals surface area contributed by atoms with Crippen LogP contribution >= 0.6 is 0 Å². The first kappa shape index (κ1) is 40.1. The molecule has 0 spiro atoms. The van der Waals surface area contributed by atoms with Crippen molar-refractivity contribution in [3.8, 4) is 0 Å². The summed E-state index contributed by atoms with van der Waals surface area (Å²) >= 11 is -4.22. The van der Waals surface area contributed by atoms with E-state index in [1.807, 2.05) is 0 Å². The molecular formula is C34H64O6Sn. The fourth-order valence-corrected chi connectivity index (χ4v) is 14.5. The van der Waals surface area contributed by atoms with Gasteiger partial charge in [0.2, 0.25) is 0 Å². The van der Waals surface area contributed by atoms with Gasteiger partial charge in [0, 0.05) is 0 Å². The molecule has 0 saturated heterocycles. The van der Waals surface area contributed by atoms with Crippen LogP contribution in [-0.2, 0) is 25.3 Å². The summed E-state index contributed by atoms with van der Waals surface area (Å²) in [6.45, 7) is 7.94. The minimum atomic E-state index is -4.22. The number of carbonyl (C=O) groups excluding carboxylic acids is 4. The molecule has 6 nitrogen and oxygen atoms in total. The van der Waals surface area contributed by atoms with Gasteiger partial charge in [-0.15, -0.1) is 0 Å². The van der Waals surface area contributed by atoms with Crippen molar-refractivity contribution in [3.63, 3.8) is 0 Å². The maximum atomic E-state index is 12.8. The van der Waals surface area contributed by atoms with E-state index in [1.165, 1.54) is 89.9 Å². The second-order valence-corrected chi connectivity index (χ2v) is 21.1. The summed E-state index contributed by atoms with van der Waals surface area (Å²) in [5.74, 6) is -1.44. The molecule has 0 amide bonds. The van der Waals surface area contributed by atoms with Crippen LogP contribution in [-0.4, -0.2) is 42.7 Å². The van der Waals surface area contributed by atoms with Gasteiger partial charge in [0.25, 0.3) is 0 Å². The normalized spacial score (nSPS) is 11.4. The van der Waals surface area contributed by atoms with E-state index >= 15 is 0 Å². The van der Waals surface area contributed by atoms with Gasteiger partial charge in [-0.25, -0.2) is 0 Å². The summed E-state index contributed by atoms with van der Waals surface area (Å²) < 4.78 is 13.3. The quantitative estimate of drug-likeness (QED) is 0.0425. The first-order chi connectivity index (χ1) is 19.8. The Morgan fingerprint density at radius 2 is 0.683 bits per heavy atom. The van der Waals surface area contributed by atoms with Crippen molar-refractivity contribution in [1.29, 1.82) is 0 Å². The molecular weight excluding hydrogens is 623 g/mol. The summed E-state index contributed by atoms with van der Waals surface area (Å²) in [5, 5.41) is 0. The molecule has 0 fully saturated rings. The van der Waals surface area contributed by atoms with Gasteiger partial charge in [-0.1, -0.05) is 0 Å². The topological polar surface area (TPSA) is 86.7 Å². The van der Waals surface area contributed by atoms with Gasteiger partial charge in [0.15, 0.2) is 0 Å².